The largest absolute Gasteiger partial charge is 0.193 e. The third-order valence-electron chi connectivity index (χ3n) is 3.48. The molecule has 0 unspecified atom stereocenters. The van der Waals surface area contributed by atoms with Gasteiger partial charge >= 0.3 is 0 Å². The van der Waals surface area contributed by atoms with Crippen LogP contribution < -0.4 is 0 Å². The second-order valence-corrected chi connectivity index (χ2v) is 6.81. The molecule has 2 aromatic heterocycles. The third-order valence-corrected chi connectivity index (χ3v) is 5.28. The Morgan fingerprint density at radius 3 is 1.62 bits per heavy atom. The zero-order valence-electron chi connectivity index (χ0n) is 12.6. The van der Waals surface area contributed by atoms with Gasteiger partial charge in [0.1, 0.15) is 0 Å². The van der Waals surface area contributed by atoms with Gasteiger partial charge in [-0.15, -0.1) is 22.7 Å². The lowest BCUT2D eigenvalue weighted by molar-refractivity contribution is 1.51. The van der Waals surface area contributed by atoms with Crippen LogP contribution in [0.1, 0.15) is 20.9 Å². The van der Waals surface area contributed by atoms with Gasteiger partial charge in [-0.2, -0.15) is 10.5 Å². The average Bonchev–Trinajstić information content (AvgIpc) is 3.31. The third kappa shape index (κ3) is 3.36. The van der Waals surface area contributed by atoms with E-state index in [9.17, 15) is 0 Å². The SMILES string of the molecule is N#CC=C(c1cccc(C(=CC#N)c2cccs2)c1)c1cccs1. The van der Waals surface area contributed by atoms with Crippen molar-refractivity contribution >= 4 is 33.8 Å². The lowest BCUT2D eigenvalue weighted by Gasteiger charge is -2.09. The normalized spacial score (nSPS) is 11.8. The van der Waals surface area contributed by atoms with Crippen molar-refractivity contribution in [3.05, 3.63) is 92.3 Å². The van der Waals surface area contributed by atoms with Gasteiger partial charge in [0.2, 0.25) is 0 Å². The molecular weight excluding hydrogens is 332 g/mol. The van der Waals surface area contributed by atoms with E-state index in [1.165, 1.54) is 0 Å². The number of benzene rings is 1. The standard InChI is InChI=1S/C20H12N2S2/c21-10-8-17(19-6-2-12-23-19)15-4-1-5-16(14-15)18(9-11-22)20-7-3-13-24-20/h1-9,12-14H. The maximum absolute atomic E-state index is 9.14. The van der Waals surface area contributed by atoms with Crippen LogP contribution in [0.5, 0.6) is 0 Å². The van der Waals surface area contributed by atoms with Crippen LogP contribution in [-0.4, -0.2) is 0 Å². The summed E-state index contributed by atoms with van der Waals surface area (Å²) in [5.74, 6) is 0. The van der Waals surface area contributed by atoms with Gasteiger partial charge in [-0.1, -0.05) is 30.3 Å². The number of nitriles is 2. The van der Waals surface area contributed by atoms with Gasteiger partial charge in [0.05, 0.1) is 12.1 Å². The summed E-state index contributed by atoms with van der Waals surface area (Å²) >= 11 is 3.21. The Labute approximate surface area is 148 Å². The van der Waals surface area contributed by atoms with Crippen LogP contribution in [0.25, 0.3) is 11.1 Å². The fourth-order valence-corrected chi connectivity index (χ4v) is 3.97. The molecule has 0 amide bonds. The molecular formula is C20H12N2S2. The van der Waals surface area contributed by atoms with E-state index in [0.717, 1.165) is 32.0 Å². The predicted octanol–water partition coefficient (Wildman–Crippen LogP) is 5.72. The highest BCUT2D eigenvalue weighted by atomic mass is 32.1. The number of hydrogen-bond acceptors (Lipinski definition) is 4. The average molecular weight is 344 g/mol. The molecule has 0 aliphatic heterocycles. The van der Waals surface area contributed by atoms with E-state index in [4.69, 9.17) is 10.5 Å². The highest BCUT2D eigenvalue weighted by Crippen LogP contribution is 2.32. The monoisotopic (exact) mass is 344 g/mol. The second kappa shape index (κ2) is 7.57. The molecule has 0 saturated carbocycles. The Hall–Kier alpha value is -2.92. The number of allylic oxidation sites excluding steroid dienone is 2. The van der Waals surface area contributed by atoms with Crippen LogP contribution in [0.4, 0.5) is 0 Å². The quantitative estimate of drug-likeness (QED) is 0.568. The maximum Gasteiger partial charge on any atom is 0.0919 e. The number of hydrogen-bond donors (Lipinski definition) is 0. The van der Waals surface area contributed by atoms with Crippen LogP contribution >= 0.6 is 22.7 Å². The van der Waals surface area contributed by atoms with Gasteiger partial charge in [0, 0.05) is 33.1 Å². The highest BCUT2D eigenvalue weighted by molar-refractivity contribution is 7.11. The fourth-order valence-electron chi connectivity index (χ4n) is 2.44. The van der Waals surface area contributed by atoms with Crippen molar-refractivity contribution in [2.24, 2.45) is 0 Å². The molecule has 3 rings (SSSR count). The summed E-state index contributed by atoms with van der Waals surface area (Å²) in [6.45, 7) is 0. The molecule has 1 aromatic carbocycles. The van der Waals surface area contributed by atoms with E-state index in [2.05, 4.69) is 12.1 Å². The molecule has 0 aliphatic rings. The van der Waals surface area contributed by atoms with E-state index >= 15 is 0 Å². The van der Waals surface area contributed by atoms with Gasteiger partial charge in [-0.05, 0) is 40.1 Å². The Balaban J connectivity index is 2.09. The summed E-state index contributed by atoms with van der Waals surface area (Å²) in [5, 5.41) is 22.3. The minimum absolute atomic E-state index is 0.900. The van der Waals surface area contributed by atoms with Gasteiger partial charge in [0.25, 0.3) is 0 Å². The molecule has 0 N–H and O–H groups in total. The second-order valence-electron chi connectivity index (χ2n) is 4.91. The smallest absolute Gasteiger partial charge is 0.0919 e. The molecule has 0 spiro atoms. The summed E-state index contributed by atoms with van der Waals surface area (Å²) < 4.78 is 0. The van der Waals surface area contributed by atoms with E-state index in [0.29, 0.717) is 0 Å². The molecule has 2 heterocycles. The lowest BCUT2D eigenvalue weighted by Crippen LogP contribution is -1.90. The Morgan fingerprint density at radius 2 is 1.25 bits per heavy atom. The number of nitrogens with zero attached hydrogens (tertiary/aromatic N) is 2. The molecule has 3 aromatic rings. The molecule has 0 fully saturated rings. The minimum Gasteiger partial charge on any atom is -0.193 e. The van der Waals surface area contributed by atoms with E-state index < -0.39 is 0 Å². The maximum atomic E-state index is 9.14. The summed E-state index contributed by atoms with van der Waals surface area (Å²) in [6, 6.07) is 20.2. The molecule has 114 valence electrons. The van der Waals surface area contributed by atoms with Crippen LogP contribution in [0, 0.1) is 22.7 Å². The van der Waals surface area contributed by atoms with E-state index in [1.807, 2.05) is 59.3 Å². The molecule has 2 nitrogen and oxygen atoms in total. The van der Waals surface area contributed by atoms with Crippen LogP contribution in [0.2, 0.25) is 0 Å². The number of thiophene rings is 2. The fraction of sp³-hybridized carbons (Fsp3) is 0. The molecule has 4 heteroatoms. The van der Waals surface area contributed by atoms with Gasteiger partial charge in [-0.25, -0.2) is 0 Å². The van der Waals surface area contributed by atoms with Crippen molar-refractivity contribution in [2.75, 3.05) is 0 Å². The molecule has 0 aliphatic carbocycles. The van der Waals surface area contributed by atoms with Crippen LogP contribution in [0.15, 0.2) is 71.4 Å². The van der Waals surface area contributed by atoms with Crippen molar-refractivity contribution in [3.8, 4) is 12.1 Å². The Morgan fingerprint density at radius 1 is 0.750 bits per heavy atom. The lowest BCUT2D eigenvalue weighted by atomic mass is 9.97. The van der Waals surface area contributed by atoms with Crippen molar-refractivity contribution < 1.29 is 0 Å². The summed E-state index contributed by atoms with van der Waals surface area (Å²) in [7, 11) is 0. The van der Waals surface area contributed by atoms with E-state index in [1.54, 1.807) is 34.8 Å². The van der Waals surface area contributed by atoms with Crippen LogP contribution in [0.3, 0.4) is 0 Å². The Bertz CT molecular complexity index is 886. The summed E-state index contributed by atoms with van der Waals surface area (Å²) in [4.78, 5) is 2.10. The first kappa shape index (κ1) is 16.0. The van der Waals surface area contributed by atoms with Crippen molar-refractivity contribution in [3.63, 3.8) is 0 Å². The highest BCUT2D eigenvalue weighted by Gasteiger charge is 2.10. The topological polar surface area (TPSA) is 47.6 Å². The number of rotatable bonds is 4. The molecule has 0 saturated heterocycles. The first-order chi connectivity index (χ1) is 11.8. The Kier molecular flexibility index (Phi) is 5.03. The molecule has 0 radical (unpaired) electrons. The molecule has 0 bridgehead atoms. The zero-order valence-corrected chi connectivity index (χ0v) is 14.3. The molecule has 0 atom stereocenters. The van der Waals surface area contributed by atoms with Gasteiger partial charge < -0.3 is 0 Å². The summed E-state index contributed by atoms with van der Waals surface area (Å²) in [6.07, 6.45) is 3.15. The van der Waals surface area contributed by atoms with Gasteiger partial charge in [0.15, 0.2) is 0 Å². The van der Waals surface area contributed by atoms with Crippen molar-refractivity contribution in [1.29, 1.82) is 10.5 Å². The minimum atomic E-state index is 0.900. The van der Waals surface area contributed by atoms with Crippen molar-refractivity contribution in [1.82, 2.24) is 0 Å². The van der Waals surface area contributed by atoms with E-state index in [-0.39, 0.29) is 0 Å². The van der Waals surface area contributed by atoms with Crippen LogP contribution in [-0.2, 0) is 0 Å². The first-order valence-electron chi connectivity index (χ1n) is 7.21. The molecule has 24 heavy (non-hydrogen) atoms. The first-order valence-corrected chi connectivity index (χ1v) is 8.97. The predicted molar refractivity (Wildman–Crippen MR) is 100 cm³/mol. The van der Waals surface area contributed by atoms with Crippen molar-refractivity contribution in [2.45, 2.75) is 0 Å². The summed E-state index contributed by atoms with van der Waals surface area (Å²) in [5.41, 5.74) is 3.74. The zero-order chi connectivity index (χ0) is 16.8. The van der Waals surface area contributed by atoms with Gasteiger partial charge in [-0.3, -0.25) is 0 Å².